The van der Waals surface area contributed by atoms with E-state index in [1.54, 1.807) is 0 Å². The van der Waals surface area contributed by atoms with E-state index in [-0.39, 0.29) is 12.2 Å². The molecule has 0 fully saturated rings. The van der Waals surface area contributed by atoms with Crippen molar-refractivity contribution in [3.63, 3.8) is 0 Å². The fraction of sp³-hybridized carbons (Fsp3) is 0.909. The van der Waals surface area contributed by atoms with Crippen LogP contribution in [0.15, 0.2) is 0 Å². The standard InChI is InChI=1S/C11H23NO3/c1-4-5-8-14-9-6-7-12-11(13)15-10(2)3/h10H,4-9H2,1-3H3,(H,12,13). The minimum atomic E-state index is -0.349. The van der Waals surface area contributed by atoms with Crippen molar-refractivity contribution < 1.29 is 14.3 Å². The molecule has 0 saturated heterocycles. The lowest BCUT2D eigenvalue weighted by Gasteiger charge is -2.09. The molecule has 0 radical (unpaired) electrons. The summed E-state index contributed by atoms with van der Waals surface area (Å²) in [6.45, 7) is 7.90. The number of unbranched alkanes of at least 4 members (excludes halogenated alkanes) is 1. The van der Waals surface area contributed by atoms with Crippen LogP contribution in [0, 0.1) is 0 Å². The van der Waals surface area contributed by atoms with E-state index in [1.807, 2.05) is 13.8 Å². The van der Waals surface area contributed by atoms with Crippen LogP contribution in [-0.2, 0) is 9.47 Å². The summed E-state index contributed by atoms with van der Waals surface area (Å²) in [4.78, 5) is 11.0. The van der Waals surface area contributed by atoms with E-state index in [0.29, 0.717) is 13.2 Å². The van der Waals surface area contributed by atoms with Crippen LogP contribution in [0.25, 0.3) is 0 Å². The van der Waals surface area contributed by atoms with E-state index in [4.69, 9.17) is 9.47 Å². The number of amides is 1. The summed E-state index contributed by atoms with van der Waals surface area (Å²) in [6, 6.07) is 0. The number of alkyl carbamates (subject to hydrolysis) is 1. The Morgan fingerprint density at radius 3 is 2.53 bits per heavy atom. The molecule has 0 saturated carbocycles. The van der Waals surface area contributed by atoms with Crippen LogP contribution in [0.3, 0.4) is 0 Å². The third-order valence-electron chi connectivity index (χ3n) is 1.72. The second kappa shape index (κ2) is 9.77. The number of carbonyl (C=O) groups is 1. The average Bonchev–Trinajstić information content (AvgIpc) is 2.15. The minimum Gasteiger partial charge on any atom is -0.447 e. The minimum absolute atomic E-state index is 0.0641. The lowest BCUT2D eigenvalue weighted by Crippen LogP contribution is -2.28. The van der Waals surface area contributed by atoms with Gasteiger partial charge in [-0.1, -0.05) is 13.3 Å². The summed E-state index contributed by atoms with van der Waals surface area (Å²) in [5.41, 5.74) is 0. The van der Waals surface area contributed by atoms with Crippen LogP contribution in [-0.4, -0.2) is 32.0 Å². The zero-order valence-corrected chi connectivity index (χ0v) is 10.0. The van der Waals surface area contributed by atoms with Gasteiger partial charge in [0.05, 0.1) is 6.10 Å². The Bertz CT molecular complexity index is 160. The van der Waals surface area contributed by atoms with Crippen LogP contribution in [0.5, 0.6) is 0 Å². The summed E-state index contributed by atoms with van der Waals surface area (Å²) in [5.74, 6) is 0. The molecule has 1 amide bonds. The summed E-state index contributed by atoms with van der Waals surface area (Å²) in [6.07, 6.45) is 2.67. The molecule has 0 aliphatic rings. The highest BCUT2D eigenvalue weighted by Gasteiger charge is 2.02. The molecule has 0 bridgehead atoms. The zero-order valence-electron chi connectivity index (χ0n) is 10.0. The Labute approximate surface area is 92.3 Å². The van der Waals surface area contributed by atoms with Gasteiger partial charge in [0.25, 0.3) is 0 Å². The smallest absolute Gasteiger partial charge is 0.407 e. The highest BCUT2D eigenvalue weighted by Crippen LogP contribution is 1.90. The Hall–Kier alpha value is -0.770. The highest BCUT2D eigenvalue weighted by molar-refractivity contribution is 5.67. The maximum Gasteiger partial charge on any atom is 0.407 e. The van der Waals surface area contributed by atoms with Gasteiger partial charge in [-0.3, -0.25) is 0 Å². The van der Waals surface area contributed by atoms with E-state index in [2.05, 4.69) is 12.2 Å². The number of rotatable bonds is 8. The number of ether oxygens (including phenoxy) is 2. The Morgan fingerprint density at radius 1 is 1.27 bits per heavy atom. The first-order chi connectivity index (χ1) is 7.16. The fourth-order valence-corrected chi connectivity index (χ4v) is 0.969. The van der Waals surface area contributed by atoms with Crippen molar-refractivity contribution in [1.82, 2.24) is 5.32 Å². The van der Waals surface area contributed by atoms with E-state index in [0.717, 1.165) is 25.9 Å². The van der Waals surface area contributed by atoms with Gasteiger partial charge < -0.3 is 14.8 Å². The summed E-state index contributed by atoms with van der Waals surface area (Å²) < 4.78 is 10.2. The Morgan fingerprint density at radius 2 is 1.93 bits per heavy atom. The second-order valence-electron chi connectivity index (χ2n) is 3.70. The number of carbonyl (C=O) groups excluding carboxylic acids is 1. The first-order valence-electron chi connectivity index (χ1n) is 5.69. The van der Waals surface area contributed by atoms with Crippen molar-refractivity contribution in [2.45, 2.75) is 46.1 Å². The average molecular weight is 217 g/mol. The summed E-state index contributed by atoms with van der Waals surface area (Å²) >= 11 is 0. The first kappa shape index (κ1) is 14.2. The van der Waals surface area contributed by atoms with Crippen LogP contribution < -0.4 is 5.32 Å². The fourth-order valence-electron chi connectivity index (χ4n) is 0.969. The highest BCUT2D eigenvalue weighted by atomic mass is 16.6. The monoisotopic (exact) mass is 217 g/mol. The van der Waals surface area contributed by atoms with Crippen molar-refractivity contribution in [2.24, 2.45) is 0 Å². The molecule has 0 aromatic rings. The van der Waals surface area contributed by atoms with Crippen LogP contribution in [0.4, 0.5) is 4.79 Å². The largest absolute Gasteiger partial charge is 0.447 e. The molecule has 0 aliphatic carbocycles. The predicted molar refractivity (Wildman–Crippen MR) is 60.0 cm³/mol. The van der Waals surface area contributed by atoms with Crippen molar-refractivity contribution in [1.29, 1.82) is 0 Å². The molecule has 0 aliphatic heterocycles. The van der Waals surface area contributed by atoms with E-state index >= 15 is 0 Å². The van der Waals surface area contributed by atoms with E-state index in [9.17, 15) is 4.79 Å². The van der Waals surface area contributed by atoms with Gasteiger partial charge in [0.1, 0.15) is 0 Å². The van der Waals surface area contributed by atoms with Crippen LogP contribution >= 0.6 is 0 Å². The lowest BCUT2D eigenvalue weighted by atomic mass is 10.4. The summed E-state index contributed by atoms with van der Waals surface area (Å²) in [5, 5.41) is 2.66. The topological polar surface area (TPSA) is 47.6 Å². The maximum atomic E-state index is 11.0. The van der Waals surface area contributed by atoms with Gasteiger partial charge in [-0.05, 0) is 26.7 Å². The van der Waals surface area contributed by atoms with E-state index < -0.39 is 0 Å². The molecule has 4 heteroatoms. The SMILES string of the molecule is CCCCOCCCNC(=O)OC(C)C. The van der Waals surface area contributed by atoms with Crippen molar-refractivity contribution in [3.8, 4) is 0 Å². The lowest BCUT2D eigenvalue weighted by molar-refractivity contribution is 0.110. The maximum absolute atomic E-state index is 11.0. The normalized spacial score (nSPS) is 10.4. The van der Waals surface area contributed by atoms with Crippen molar-refractivity contribution in [2.75, 3.05) is 19.8 Å². The number of hydrogen-bond acceptors (Lipinski definition) is 3. The molecule has 0 heterocycles. The van der Waals surface area contributed by atoms with Crippen molar-refractivity contribution >= 4 is 6.09 Å². The van der Waals surface area contributed by atoms with Gasteiger partial charge in [0, 0.05) is 19.8 Å². The molecule has 0 unspecified atom stereocenters. The van der Waals surface area contributed by atoms with Gasteiger partial charge in [-0.15, -0.1) is 0 Å². The Kier molecular flexibility index (Phi) is 9.27. The quantitative estimate of drug-likeness (QED) is 0.635. The van der Waals surface area contributed by atoms with Gasteiger partial charge in [-0.2, -0.15) is 0 Å². The Balaban J connectivity index is 3.13. The molecular weight excluding hydrogens is 194 g/mol. The molecule has 0 atom stereocenters. The molecule has 0 aromatic carbocycles. The second-order valence-corrected chi connectivity index (χ2v) is 3.70. The number of hydrogen-bond donors (Lipinski definition) is 1. The van der Waals surface area contributed by atoms with Gasteiger partial charge in [0.2, 0.25) is 0 Å². The molecule has 90 valence electrons. The molecule has 0 spiro atoms. The van der Waals surface area contributed by atoms with Crippen LogP contribution in [0.2, 0.25) is 0 Å². The molecular formula is C11H23NO3. The van der Waals surface area contributed by atoms with Gasteiger partial charge in [-0.25, -0.2) is 4.79 Å². The molecule has 0 aromatic heterocycles. The molecule has 0 rings (SSSR count). The zero-order chi connectivity index (χ0) is 11.5. The third-order valence-corrected chi connectivity index (χ3v) is 1.72. The van der Waals surface area contributed by atoms with E-state index in [1.165, 1.54) is 0 Å². The van der Waals surface area contributed by atoms with Crippen LogP contribution in [0.1, 0.15) is 40.0 Å². The van der Waals surface area contributed by atoms with Crippen molar-refractivity contribution in [3.05, 3.63) is 0 Å². The number of nitrogens with one attached hydrogen (secondary N) is 1. The first-order valence-corrected chi connectivity index (χ1v) is 5.69. The molecule has 15 heavy (non-hydrogen) atoms. The van der Waals surface area contributed by atoms with Gasteiger partial charge in [0.15, 0.2) is 0 Å². The predicted octanol–water partition coefficient (Wildman–Crippen LogP) is 2.33. The summed E-state index contributed by atoms with van der Waals surface area (Å²) in [7, 11) is 0. The third kappa shape index (κ3) is 11.2. The van der Waals surface area contributed by atoms with Gasteiger partial charge >= 0.3 is 6.09 Å². The molecule has 1 N–H and O–H groups in total. The molecule has 4 nitrogen and oxygen atoms in total.